The average molecular weight is 641 g/mol. The van der Waals surface area contributed by atoms with Gasteiger partial charge >= 0.3 is 11.9 Å². The first kappa shape index (κ1) is 38.5. The van der Waals surface area contributed by atoms with Gasteiger partial charge in [-0.25, -0.2) is 0 Å². The molecule has 2 aliphatic heterocycles. The molecule has 1 N–H and O–H groups in total. The highest BCUT2D eigenvalue weighted by molar-refractivity contribution is 6.00. The van der Waals surface area contributed by atoms with Crippen LogP contribution in [0.25, 0.3) is 0 Å². The number of nitrogens with one attached hydrogen (secondary N) is 1. The number of methoxy groups -OCH3 is 2. The number of likely N-dealkylation sites (N-methyl/N-ethyl adjacent to an activating group) is 1. The molecule has 0 aromatic carbocycles. The summed E-state index contributed by atoms with van der Waals surface area (Å²) in [4.78, 5) is 67.0. The summed E-state index contributed by atoms with van der Waals surface area (Å²) in [5, 5.41) is 2.68. The lowest BCUT2D eigenvalue weighted by molar-refractivity contribution is -0.297. The predicted octanol–water partition coefficient (Wildman–Crippen LogP) is 2.19. The zero-order valence-electron chi connectivity index (χ0n) is 28.7. The molecule has 45 heavy (non-hydrogen) atoms. The van der Waals surface area contributed by atoms with Crippen LogP contribution >= 0.6 is 0 Å². The highest BCUT2D eigenvalue weighted by Crippen LogP contribution is 2.37. The van der Waals surface area contributed by atoms with Crippen LogP contribution in [-0.4, -0.2) is 111 Å². The van der Waals surface area contributed by atoms with Gasteiger partial charge in [0.2, 0.25) is 12.2 Å². The highest BCUT2D eigenvalue weighted by Gasteiger charge is 2.50. The van der Waals surface area contributed by atoms with Crippen LogP contribution in [-0.2, 0) is 52.4 Å². The van der Waals surface area contributed by atoms with E-state index in [9.17, 15) is 24.0 Å². The van der Waals surface area contributed by atoms with Gasteiger partial charge in [0, 0.05) is 39.9 Å². The molecule has 256 valence electrons. The van der Waals surface area contributed by atoms with Crippen molar-refractivity contribution in [2.45, 2.75) is 116 Å². The molecule has 1 fully saturated rings. The second-order valence-corrected chi connectivity index (χ2v) is 13.0. The third kappa shape index (κ3) is 9.41. The van der Waals surface area contributed by atoms with Gasteiger partial charge in [-0.3, -0.25) is 24.0 Å². The Bertz CT molecular complexity index is 1130. The molecule has 0 saturated carbocycles. The van der Waals surface area contributed by atoms with Gasteiger partial charge in [-0.05, 0) is 66.8 Å². The largest absolute Gasteiger partial charge is 0.455 e. The number of allylic oxidation sites excluding steroid dienone is 1. The smallest absolute Gasteiger partial charge is 0.318 e. The summed E-state index contributed by atoms with van der Waals surface area (Å²) >= 11 is 0. The lowest BCUT2D eigenvalue weighted by Crippen LogP contribution is -2.60. The summed E-state index contributed by atoms with van der Waals surface area (Å²) in [7, 11) is 6.46. The molecule has 0 aliphatic carbocycles. The Morgan fingerprint density at radius 1 is 1.04 bits per heavy atom. The van der Waals surface area contributed by atoms with Gasteiger partial charge in [0.05, 0.1) is 23.9 Å². The zero-order chi connectivity index (χ0) is 34.4. The monoisotopic (exact) mass is 640 g/mol. The van der Waals surface area contributed by atoms with Crippen molar-refractivity contribution in [2.75, 3.05) is 28.3 Å². The quantitative estimate of drug-likeness (QED) is 0.320. The summed E-state index contributed by atoms with van der Waals surface area (Å²) in [6.45, 7) is 12.5. The van der Waals surface area contributed by atoms with Crippen LogP contribution in [0.5, 0.6) is 0 Å². The van der Waals surface area contributed by atoms with Crippen LogP contribution in [0.1, 0.15) is 68.2 Å². The van der Waals surface area contributed by atoms with Gasteiger partial charge in [0.15, 0.2) is 24.0 Å². The van der Waals surface area contributed by atoms with E-state index in [1.54, 1.807) is 27.7 Å². The van der Waals surface area contributed by atoms with Gasteiger partial charge < -0.3 is 38.6 Å². The number of ether oxygens (including phenoxy) is 6. The van der Waals surface area contributed by atoms with Crippen LogP contribution in [0.2, 0.25) is 0 Å². The first-order chi connectivity index (χ1) is 20.8. The molecule has 0 radical (unpaired) electrons. The van der Waals surface area contributed by atoms with Crippen LogP contribution in [0, 0.1) is 17.8 Å². The summed E-state index contributed by atoms with van der Waals surface area (Å²) in [5.41, 5.74) is -2.69. The van der Waals surface area contributed by atoms with Crippen LogP contribution in [0.4, 0.5) is 0 Å². The predicted molar refractivity (Wildman–Crippen MR) is 163 cm³/mol. The number of rotatable bonds is 7. The van der Waals surface area contributed by atoms with Crippen molar-refractivity contribution in [3.63, 3.8) is 0 Å². The number of cyclic esters (lactones) is 1. The van der Waals surface area contributed by atoms with Crippen molar-refractivity contribution in [2.24, 2.45) is 17.8 Å². The minimum Gasteiger partial charge on any atom is -0.455 e. The van der Waals surface area contributed by atoms with Crippen molar-refractivity contribution in [3.05, 3.63) is 12.2 Å². The Morgan fingerprint density at radius 3 is 2.18 bits per heavy atom. The fourth-order valence-corrected chi connectivity index (χ4v) is 6.18. The average Bonchev–Trinajstić information content (AvgIpc) is 2.95. The minimum atomic E-state index is -1.43. The maximum absolute atomic E-state index is 14.0. The molecular weight excluding hydrogens is 588 g/mol. The van der Waals surface area contributed by atoms with E-state index in [2.05, 4.69) is 5.32 Å². The number of nitrogens with zero attached hydrogens (tertiary/aromatic N) is 1. The van der Waals surface area contributed by atoms with Gasteiger partial charge in [-0.1, -0.05) is 13.8 Å². The minimum absolute atomic E-state index is 0.107. The zero-order valence-corrected chi connectivity index (χ0v) is 28.7. The third-order valence-corrected chi connectivity index (χ3v) is 8.75. The number of amides is 1. The Kier molecular flexibility index (Phi) is 13.4. The number of ketones is 2. The Morgan fingerprint density at radius 2 is 1.67 bits per heavy atom. The summed E-state index contributed by atoms with van der Waals surface area (Å²) < 4.78 is 35.6. The van der Waals surface area contributed by atoms with Crippen molar-refractivity contribution in [1.29, 1.82) is 0 Å². The number of hydrogen-bond donors (Lipinski definition) is 1. The van der Waals surface area contributed by atoms with Crippen LogP contribution in [0.15, 0.2) is 12.2 Å². The van der Waals surface area contributed by atoms with Crippen molar-refractivity contribution < 1.29 is 52.4 Å². The molecule has 0 aromatic rings. The van der Waals surface area contributed by atoms with Crippen LogP contribution < -0.4 is 5.32 Å². The molecule has 13 nitrogen and oxygen atoms in total. The molecule has 2 aliphatic rings. The van der Waals surface area contributed by atoms with E-state index in [1.807, 2.05) is 25.9 Å². The number of Topliss-reactive ketones (excluding diaryl/α,β-unsaturated/α-hetero) is 1. The van der Waals surface area contributed by atoms with E-state index >= 15 is 0 Å². The fraction of sp³-hybridized carbons (Fsp3) is 0.781. The molecule has 11 atom stereocenters. The van der Waals surface area contributed by atoms with Crippen molar-refractivity contribution in [1.82, 2.24) is 10.2 Å². The van der Waals surface area contributed by atoms with E-state index < -0.39 is 77.3 Å². The SMILES string of the molecule is CO[C@H]1OC(=O)[C@H](C)C(=O)[C@H](C)[C@@H](OC2O[C@H](C)C[C@H](N(C)C)[C@H]2OC(C)=O)[C@@](C)(OC)CC(C)C(=O)/C=C/[C@]1(C)NC(C)=O. The van der Waals surface area contributed by atoms with E-state index in [0.717, 1.165) is 0 Å². The van der Waals surface area contributed by atoms with Gasteiger partial charge in [0.25, 0.3) is 0 Å². The first-order valence-electron chi connectivity index (χ1n) is 15.3. The number of carbonyl (C=O) groups is 5. The van der Waals surface area contributed by atoms with E-state index in [-0.39, 0.29) is 24.3 Å². The molecular formula is C32H52N2O11. The maximum Gasteiger partial charge on any atom is 0.318 e. The molecule has 1 amide bonds. The van der Waals surface area contributed by atoms with Crippen LogP contribution in [0.3, 0.4) is 0 Å². The Balaban J connectivity index is 2.68. The molecule has 2 rings (SSSR count). The van der Waals surface area contributed by atoms with E-state index in [0.29, 0.717) is 6.42 Å². The topological polar surface area (TPSA) is 156 Å². The highest BCUT2D eigenvalue weighted by atomic mass is 16.7. The fourth-order valence-electron chi connectivity index (χ4n) is 6.18. The van der Waals surface area contributed by atoms with E-state index in [1.165, 1.54) is 47.1 Å². The second-order valence-electron chi connectivity index (χ2n) is 13.0. The van der Waals surface area contributed by atoms with Crippen molar-refractivity contribution in [3.8, 4) is 0 Å². The van der Waals surface area contributed by atoms with Gasteiger partial charge in [-0.15, -0.1) is 0 Å². The molecule has 1 saturated heterocycles. The molecule has 0 aromatic heterocycles. The summed E-state index contributed by atoms with van der Waals surface area (Å²) in [6, 6.07) is -0.260. The first-order valence-corrected chi connectivity index (χ1v) is 15.3. The normalized spacial score (nSPS) is 39.5. The molecule has 13 heteroatoms. The van der Waals surface area contributed by atoms with Gasteiger partial charge in [0.1, 0.15) is 11.5 Å². The number of esters is 2. The standard InChI is InChI=1S/C32H52N2O11/c1-17-16-32(8,41-12)27(44-29-26(43-22(6)36)23(34(9)10)15-18(2)42-29)19(3)25(38)20(4)28(39)45-30(40-11)31(7,33-21(5)35)14-13-24(17)37/h13-14,17-20,23,26-27,29-30H,15-16H2,1-12H3,(H,33,35)/b14-13+/t17?,18-,19+,20-,23+,26-,27-,29?,30+,31+,32+/m1/s1. The van der Waals surface area contributed by atoms with E-state index in [4.69, 9.17) is 28.4 Å². The van der Waals surface area contributed by atoms with Gasteiger partial charge in [-0.2, -0.15) is 0 Å². The maximum atomic E-state index is 14.0. The summed E-state index contributed by atoms with van der Waals surface area (Å²) in [5.74, 6) is -5.61. The second kappa shape index (κ2) is 15.7. The lowest BCUT2D eigenvalue weighted by atomic mass is 9.77. The van der Waals surface area contributed by atoms with Crippen molar-refractivity contribution >= 4 is 29.4 Å². The lowest BCUT2D eigenvalue weighted by Gasteiger charge is -2.47. The molecule has 0 bridgehead atoms. The Labute approximate surface area is 266 Å². The molecule has 2 unspecified atom stereocenters. The third-order valence-electron chi connectivity index (χ3n) is 8.75. The molecule has 2 heterocycles. The summed E-state index contributed by atoms with van der Waals surface area (Å²) in [6.07, 6.45) is -1.26. The number of carbonyl (C=O) groups excluding carboxylic acids is 5. The Hall–Kier alpha value is -2.71. The molecule has 0 spiro atoms. The number of hydrogen-bond acceptors (Lipinski definition) is 12.